The fraction of sp³-hybridized carbons (Fsp3) is 0.400. The highest BCUT2D eigenvalue weighted by atomic mass is 16.6. The number of nitrogens with zero attached hydrogens (tertiary/aromatic N) is 3. The maximum Gasteiger partial charge on any atom is 0.269 e. The van der Waals surface area contributed by atoms with Crippen LogP contribution in [0.1, 0.15) is 18.3 Å². The van der Waals surface area contributed by atoms with Crippen LogP contribution in [0, 0.1) is 23.0 Å². The van der Waals surface area contributed by atoms with Gasteiger partial charge in [-0.1, -0.05) is 19.1 Å². The first-order valence-electron chi connectivity index (χ1n) is 6.98. The van der Waals surface area contributed by atoms with E-state index in [0.29, 0.717) is 12.5 Å². The number of nitrogens with one attached hydrogen (secondary N) is 1. The lowest BCUT2D eigenvalue weighted by molar-refractivity contribution is -0.384. The Hall–Kier alpha value is -2.21. The van der Waals surface area contributed by atoms with Crippen LogP contribution in [0.25, 0.3) is 0 Å². The molecular formula is C15H20N4O2. The number of hydrogen-bond donors (Lipinski definition) is 1. The number of nitro benzene ring substituents is 1. The van der Waals surface area contributed by atoms with Gasteiger partial charge in [0.1, 0.15) is 5.82 Å². The van der Waals surface area contributed by atoms with Crippen molar-refractivity contribution in [3.8, 4) is 0 Å². The first kappa shape index (κ1) is 15.2. The summed E-state index contributed by atoms with van der Waals surface area (Å²) in [5, 5.41) is 14.1. The predicted molar refractivity (Wildman–Crippen MR) is 80.9 cm³/mol. The molecule has 1 unspecified atom stereocenters. The molecule has 6 heteroatoms. The molecule has 6 nitrogen and oxygen atoms in total. The topological polar surface area (TPSA) is 73.0 Å². The minimum atomic E-state index is -0.367. The van der Waals surface area contributed by atoms with Crippen molar-refractivity contribution in [3.05, 3.63) is 58.2 Å². The highest BCUT2D eigenvalue weighted by Crippen LogP contribution is 2.13. The lowest BCUT2D eigenvalue weighted by atomic mass is 10.1. The van der Waals surface area contributed by atoms with Gasteiger partial charge in [0.25, 0.3) is 5.69 Å². The van der Waals surface area contributed by atoms with Crippen LogP contribution in [-0.4, -0.2) is 21.0 Å². The van der Waals surface area contributed by atoms with Crippen LogP contribution in [0.4, 0.5) is 5.69 Å². The number of aryl methyl sites for hydroxylation is 1. The predicted octanol–water partition coefficient (Wildman–Crippen LogP) is 2.53. The number of rotatable bonds is 7. The van der Waals surface area contributed by atoms with Crippen LogP contribution in [-0.2, 0) is 13.1 Å². The third-order valence-corrected chi connectivity index (χ3v) is 3.38. The van der Waals surface area contributed by atoms with Crippen LogP contribution in [0.3, 0.4) is 0 Å². The summed E-state index contributed by atoms with van der Waals surface area (Å²) in [7, 11) is 0. The molecular weight excluding hydrogens is 268 g/mol. The molecule has 1 atom stereocenters. The van der Waals surface area contributed by atoms with Crippen molar-refractivity contribution in [2.24, 2.45) is 5.92 Å². The molecule has 1 heterocycles. The summed E-state index contributed by atoms with van der Waals surface area (Å²) < 4.78 is 2.12. The van der Waals surface area contributed by atoms with Gasteiger partial charge in [-0.25, -0.2) is 4.98 Å². The van der Waals surface area contributed by atoms with E-state index in [1.54, 1.807) is 18.3 Å². The smallest absolute Gasteiger partial charge is 0.269 e. The van der Waals surface area contributed by atoms with Gasteiger partial charge in [-0.2, -0.15) is 0 Å². The van der Waals surface area contributed by atoms with Crippen LogP contribution >= 0.6 is 0 Å². The third kappa shape index (κ3) is 4.39. The van der Waals surface area contributed by atoms with Crippen LogP contribution in [0.5, 0.6) is 0 Å². The molecule has 1 aromatic carbocycles. The van der Waals surface area contributed by atoms with Crippen molar-refractivity contribution < 1.29 is 4.92 Å². The van der Waals surface area contributed by atoms with E-state index in [1.165, 1.54) is 6.07 Å². The van der Waals surface area contributed by atoms with Gasteiger partial charge >= 0.3 is 0 Å². The Balaban J connectivity index is 1.80. The molecule has 0 saturated carbocycles. The molecule has 0 bridgehead atoms. The van der Waals surface area contributed by atoms with Gasteiger partial charge in [-0.15, -0.1) is 0 Å². The maximum atomic E-state index is 10.7. The largest absolute Gasteiger partial charge is 0.335 e. The van der Waals surface area contributed by atoms with Crippen molar-refractivity contribution in [3.63, 3.8) is 0 Å². The second-order valence-electron chi connectivity index (χ2n) is 5.29. The summed E-state index contributed by atoms with van der Waals surface area (Å²) in [6.45, 7) is 6.55. The summed E-state index contributed by atoms with van der Waals surface area (Å²) in [5.41, 5.74) is 1.06. The first-order valence-corrected chi connectivity index (χ1v) is 6.98. The van der Waals surface area contributed by atoms with Gasteiger partial charge in [-0.3, -0.25) is 10.1 Å². The molecule has 2 rings (SSSR count). The summed E-state index contributed by atoms with van der Waals surface area (Å²) in [5.74, 6) is 1.47. The fourth-order valence-corrected chi connectivity index (χ4v) is 2.24. The Bertz CT molecular complexity index is 609. The van der Waals surface area contributed by atoms with Crippen molar-refractivity contribution in [2.75, 3.05) is 6.54 Å². The fourth-order valence-electron chi connectivity index (χ4n) is 2.24. The third-order valence-electron chi connectivity index (χ3n) is 3.38. The lowest BCUT2D eigenvalue weighted by Crippen LogP contribution is -2.24. The SMILES string of the molecule is Cc1nccn1CC(C)CNCc1cccc([N+](=O)[O-])c1. The maximum absolute atomic E-state index is 10.7. The van der Waals surface area contributed by atoms with E-state index in [4.69, 9.17) is 0 Å². The van der Waals surface area contributed by atoms with E-state index in [-0.39, 0.29) is 10.6 Å². The molecule has 2 aromatic rings. The van der Waals surface area contributed by atoms with E-state index in [9.17, 15) is 10.1 Å². The molecule has 0 spiro atoms. The molecule has 112 valence electrons. The minimum absolute atomic E-state index is 0.136. The van der Waals surface area contributed by atoms with E-state index in [0.717, 1.165) is 24.5 Å². The summed E-state index contributed by atoms with van der Waals surface area (Å²) >= 11 is 0. The summed E-state index contributed by atoms with van der Waals surface area (Å²) in [6.07, 6.45) is 3.78. The average molecular weight is 288 g/mol. The number of hydrogen-bond acceptors (Lipinski definition) is 4. The molecule has 0 aliphatic carbocycles. The van der Waals surface area contributed by atoms with Gasteiger partial charge in [0.2, 0.25) is 0 Å². The van der Waals surface area contributed by atoms with Crippen molar-refractivity contribution in [2.45, 2.75) is 26.9 Å². The molecule has 0 aliphatic rings. The summed E-state index contributed by atoms with van der Waals surface area (Å²) in [6, 6.07) is 6.73. The van der Waals surface area contributed by atoms with Crippen LogP contribution in [0.2, 0.25) is 0 Å². The van der Waals surface area contributed by atoms with Crippen molar-refractivity contribution in [1.82, 2.24) is 14.9 Å². The normalized spacial score (nSPS) is 12.3. The van der Waals surface area contributed by atoms with E-state index in [2.05, 4.69) is 21.8 Å². The van der Waals surface area contributed by atoms with Gasteiger partial charge in [0, 0.05) is 37.6 Å². The second-order valence-corrected chi connectivity index (χ2v) is 5.29. The van der Waals surface area contributed by atoms with Crippen LogP contribution in [0.15, 0.2) is 36.7 Å². The zero-order valence-electron chi connectivity index (χ0n) is 12.3. The van der Waals surface area contributed by atoms with Crippen LogP contribution < -0.4 is 5.32 Å². The zero-order valence-corrected chi connectivity index (χ0v) is 12.3. The molecule has 0 radical (unpaired) electrons. The van der Waals surface area contributed by atoms with E-state index in [1.807, 2.05) is 19.2 Å². The molecule has 0 aliphatic heterocycles. The molecule has 0 amide bonds. The number of aromatic nitrogens is 2. The quantitative estimate of drug-likeness (QED) is 0.627. The van der Waals surface area contributed by atoms with E-state index >= 15 is 0 Å². The minimum Gasteiger partial charge on any atom is -0.335 e. The lowest BCUT2D eigenvalue weighted by Gasteiger charge is -2.14. The Kier molecular flexibility index (Phi) is 5.05. The molecule has 0 fully saturated rings. The molecule has 1 aromatic heterocycles. The van der Waals surface area contributed by atoms with Crippen molar-refractivity contribution >= 4 is 5.69 Å². The van der Waals surface area contributed by atoms with Gasteiger partial charge < -0.3 is 9.88 Å². The number of non-ortho nitro benzene ring substituents is 1. The van der Waals surface area contributed by atoms with Crippen molar-refractivity contribution in [1.29, 1.82) is 0 Å². The molecule has 0 saturated heterocycles. The highest BCUT2D eigenvalue weighted by molar-refractivity contribution is 5.34. The second kappa shape index (κ2) is 6.99. The zero-order chi connectivity index (χ0) is 15.2. The standard InChI is InChI=1S/C15H20N4O2/c1-12(11-18-7-6-17-13(18)2)9-16-10-14-4-3-5-15(8-14)19(20)21/h3-8,12,16H,9-11H2,1-2H3. The molecule has 21 heavy (non-hydrogen) atoms. The van der Waals surface area contributed by atoms with Gasteiger partial charge in [0.05, 0.1) is 4.92 Å². The Morgan fingerprint density at radius 3 is 2.95 bits per heavy atom. The summed E-state index contributed by atoms with van der Waals surface area (Å²) in [4.78, 5) is 14.6. The number of imidazole rings is 1. The highest BCUT2D eigenvalue weighted by Gasteiger charge is 2.07. The number of nitro groups is 1. The monoisotopic (exact) mass is 288 g/mol. The van der Waals surface area contributed by atoms with Gasteiger partial charge in [0.15, 0.2) is 0 Å². The number of benzene rings is 1. The Morgan fingerprint density at radius 2 is 2.29 bits per heavy atom. The molecule has 1 N–H and O–H groups in total. The van der Waals surface area contributed by atoms with E-state index < -0.39 is 0 Å². The van der Waals surface area contributed by atoms with Gasteiger partial charge in [-0.05, 0) is 24.9 Å². The average Bonchev–Trinajstić information content (AvgIpc) is 2.84. The Labute approximate surface area is 124 Å². The first-order chi connectivity index (χ1) is 10.1. The Morgan fingerprint density at radius 1 is 1.48 bits per heavy atom.